The molecule has 0 amide bonds. The molecule has 0 aromatic rings. The van der Waals surface area contributed by atoms with Crippen molar-refractivity contribution in [2.75, 3.05) is 19.8 Å². The quantitative estimate of drug-likeness (QED) is 0.160. The summed E-state index contributed by atoms with van der Waals surface area (Å²) in [7, 11) is 0. The molecule has 3 aliphatic heterocycles. The lowest BCUT2D eigenvalue weighted by atomic mass is 9.74. The molecule has 0 saturated carbocycles. The van der Waals surface area contributed by atoms with Crippen LogP contribution in [0.4, 0.5) is 0 Å². The molecule has 16 nitrogen and oxygen atoms in total. The van der Waals surface area contributed by atoms with Crippen LogP contribution in [-0.2, 0) is 18.9 Å². The zero-order chi connectivity index (χ0) is 25.5. The van der Waals surface area contributed by atoms with Crippen molar-refractivity contribution in [2.45, 2.75) is 91.4 Å². The smallest absolute Gasteiger partial charge is 0.187 e. The molecule has 0 bridgehead atoms. The first-order chi connectivity index (χ1) is 15.9. The molecule has 15 atom stereocenters. The fourth-order valence-corrected chi connectivity index (χ4v) is 4.47. The summed E-state index contributed by atoms with van der Waals surface area (Å²) in [5, 5.41) is 122. The van der Waals surface area contributed by atoms with Crippen LogP contribution in [0.2, 0.25) is 0 Å². The molecule has 34 heavy (non-hydrogen) atoms. The average Bonchev–Trinajstić information content (AvgIpc) is 2.82. The van der Waals surface area contributed by atoms with Gasteiger partial charge in [0.15, 0.2) is 18.2 Å². The Balaban J connectivity index is 1.93. The number of rotatable bonds is 6. The Kier molecular flexibility index (Phi) is 8.85. The van der Waals surface area contributed by atoms with E-state index in [0.29, 0.717) is 0 Å². The topological polar surface area (TPSA) is 280 Å². The van der Waals surface area contributed by atoms with Gasteiger partial charge in [-0.15, -0.1) is 0 Å². The minimum absolute atomic E-state index is 0.836. The second kappa shape index (κ2) is 10.8. The molecule has 200 valence electrons. The van der Waals surface area contributed by atoms with Gasteiger partial charge in [0.05, 0.1) is 19.8 Å². The van der Waals surface area contributed by atoms with Gasteiger partial charge in [0.2, 0.25) is 0 Å². The van der Waals surface area contributed by atoms with Crippen molar-refractivity contribution in [2.24, 2.45) is 0 Å². The van der Waals surface area contributed by atoms with E-state index in [4.69, 9.17) is 18.9 Å². The first-order valence-corrected chi connectivity index (χ1v) is 10.5. The van der Waals surface area contributed by atoms with Gasteiger partial charge in [0.1, 0.15) is 73.2 Å². The SMILES string of the molecule is OC[C@H]1OC([C@@]2(O)[C@@H](O)[C@H](O[C@H]3[C@H](O)[C@@H](O)C(O)O[C@@H]3CO)O[C@H](CO)[C@@H]2O)[C@H](O)[C@@H](O)[C@H]1O. The standard InChI is InChI=1S/C18H32O16/c19-1-4-7(22)8(23)10(25)15(31-4)18(30)13(27)6(3-21)33-17(14(18)28)34-12-5(2-20)32-16(29)11(26)9(12)24/h4-17,19-30H,1-3H2/t4-,5-,6-,7+,8+,9-,10-,11-,12-,13+,14+,15?,16?,17+,18+/m1/s1. The Bertz CT molecular complexity index is 666. The summed E-state index contributed by atoms with van der Waals surface area (Å²) in [5.74, 6) is 0. The highest BCUT2D eigenvalue weighted by atomic mass is 16.7. The van der Waals surface area contributed by atoms with Gasteiger partial charge in [0.25, 0.3) is 0 Å². The Morgan fingerprint density at radius 2 is 1.18 bits per heavy atom. The highest BCUT2D eigenvalue weighted by Crippen LogP contribution is 2.40. The molecule has 0 aromatic heterocycles. The zero-order valence-electron chi connectivity index (χ0n) is 17.7. The third-order valence-electron chi connectivity index (χ3n) is 6.52. The summed E-state index contributed by atoms with van der Waals surface area (Å²) in [6, 6.07) is 0. The molecule has 3 heterocycles. The van der Waals surface area contributed by atoms with Crippen LogP contribution in [-0.4, -0.2) is 173 Å². The molecule has 0 spiro atoms. The fraction of sp³-hybridized carbons (Fsp3) is 1.00. The van der Waals surface area contributed by atoms with Gasteiger partial charge < -0.3 is 80.2 Å². The van der Waals surface area contributed by atoms with E-state index in [2.05, 4.69) is 0 Å². The van der Waals surface area contributed by atoms with E-state index in [-0.39, 0.29) is 0 Å². The lowest BCUT2D eigenvalue weighted by molar-refractivity contribution is -0.393. The monoisotopic (exact) mass is 504 g/mol. The van der Waals surface area contributed by atoms with Crippen molar-refractivity contribution in [1.29, 1.82) is 0 Å². The minimum Gasteiger partial charge on any atom is -0.394 e. The van der Waals surface area contributed by atoms with Crippen molar-refractivity contribution in [1.82, 2.24) is 0 Å². The first kappa shape index (κ1) is 27.9. The number of aliphatic hydroxyl groups is 12. The van der Waals surface area contributed by atoms with E-state index >= 15 is 0 Å². The average molecular weight is 504 g/mol. The van der Waals surface area contributed by atoms with E-state index in [1.165, 1.54) is 0 Å². The first-order valence-electron chi connectivity index (χ1n) is 10.5. The Morgan fingerprint density at radius 1 is 0.588 bits per heavy atom. The molecule has 3 aliphatic rings. The van der Waals surface area contributed by atoms with Gasteiger partial charge in [-0.1, -0.05) is 0 Å². The number of hydrogen-bond donors (Lipinski definition) is 12. The lowest BCUT2D eigenvalue weighted by Gasteiger charge is -2.55. The third-order valence-corrected chi connectivity index (χ3v) is 6.52. The number of hydrogen-bond acceptors (Lipinski definition) is 16. The van der Waals surface area contributed by atoms with Gasteiger partial charge in [-0.25, -0.2) is 0 Å². The highest BCUT2D eigenvalue weighted by molar-refractivity contribution is 5.12. The predicted octanol–water partition coefficient (Wildman–Crippen LogP) is -8.18. The predicted molar refractivity (Wildman–Crippen MR) is 101 cm³/mol. The van der Waals surface area contributed by atoms with Crippen molar-refractivity contribution in [3.63, 3.8) is 0 Å². The van der Waals surface area contributed by atoms with Gasteiger partial charge >= 0.3 is 0 Å². The fourth-order valence-electron chi connectivity index (χ4n) is 4.47. The maximum absolute atomic E-state index is 11.3. The molecule has 0 aliphatic carbocycles. The van der Waals surface area contributed by atoms with Crippen LogP contribution >= 0.6 is 0 Å². The van der Waals surface area contributed by atoms with Crippen LogP contribution in [0, 0.1) is 0 Å². The van der Waals surface area contributed by atoms with E-state index < -0.39 is 111 Å². The zero-order valence-corrected chi connectivity index (χ0v) is 17.7. The van der Waals surface area contributed by atoms with Crippen molar-refractivity contribution in [3.05, 3.63) is 0 Å². The van der Waals surface area contributed by atoms with Crippen LogP contribution in [0.25, 0.3) is 0 Å². The van der Waals surface area contributed by atoms with E-state index in [9.17, 15) is 61.3 Å². The highest BCUT2D eigenvalue weighted by Gasteiger charge is 2.65. The van der Waals surface area contributed by atoms with Crippen molar-refractivity contribution < 1.29 is 80.2 Å². The van der Waals surface area contributed by atoms with E-state index in [0.717, 1.165) is 0 Å². The Labute approximate surface area is 192 Å². The molecule has 2 unspecified atom stereocenters. The van der Waals surface area contributed by atoms with Crippen LogP contribution in [0.1, 0.15) is 0 Å². The van der Waals surface area contributed by atoms with Gasteiger partial charge in [0, 0.05) is 0 Å². The molecule has 3 fully saturated rings. The summed E-state index contributed by atoms with van der Waals surface area (Å²) in [5.41, 5.74) is -2.96. The molecular weight excluding hydrogens is 472 g/mol. The van der Waals surface area contributed by atoms with Crippen LogP contribution < -0.4 is 0 Å². The molecular formula is C18H32O16. The van der Waals surface area contributed by atoms with Gasteiger partial charge in [-0.2, -0.15) is 0 Å². The summed E-state index contributed by atoms with van der Waals surface area (Å²) in [4.78, 5) is 0. The van der Waals surface area contributed by atoms with Crippen LogP contribution in [0.5, 0.6) is 0 Å². The molecule has 0 aromatic carbocycles. The van der Waals surface area contributed by atoms with Gasteiger partial charge in [-0.3, -0.25) is 0 Å². The molecule has 3 rings (SSSR count). The normalized spacial score (nSPS) is 54.7. The van der Waals surface area contributed by atoms with Crippen LogP contribution in [0.3, 0.4) is 0 Å². The largest absolute Gasteiger partial charge is 0.394 e. The lowest BCUT2D eigenvalue weighted by Crippen LogP contribution is -2.78. The van der Waals surface area contributed by atoms with Crippen molar-refractivity contribution in [3.8, 4) is 0 Å². The number of aliphatic hydroxyl groups excluding tert-OH is 11. The molecule has 12 N–H and O–H groups in total. The van der Waals surface area contributed by atoms with Gasteiger partial charge in [-0.05, 0) is 0 Å². The summed E-state index contributed by atoms with van der Waals surface area (Å²) in [6.45, 7) is -2.69. The Morgan fingerprint density at radius 3 is 1.74 bits per heavy atom. The second-order valence-electron chi connectivity index (χ2n) is 8.58. The van der Waals surface area contributed by atoms with E-state index in [1.807, 2.05) is 0 Å². The summed E-state index contributed by atoms with van der Waals surface area (Å²) in [6.07, 6.45) is -26.6. The molecule has 0 radical (unpaired) electrons. The maximum Gasteiger partial charge on any atom is 0.187 e. The maximum atomic E-state index is 11.3. The van der Waals surface area contributed by atoms with Crippen LogP contribution in [0.15, 0.2) is 0 Å². The third kappa shape index (κ3) is 4.59. The van der Waals surface area contributed by atoms with E-state index in [1.54, 1.807) is 0 Å². The number of ether oxygens (including phenoxy) is 4. The summed E-state index contributed by atoms with van der Waals surface area (Å²) < 4.78 is 20.9. The molecule has 16 heteroatoms. The summed E-state index contributed by atoms with van der Waals surface area (Å²) >= 11 is 0. The second-order valence-corrected chi connectivity index (χ2v) is 8.58. The minimum atomic E-state index is -2.96. The van der Waals surface area contributed by atoms with Crippen molar-refractivity contribution >= 4 is 0 Å². The molecule has 3 saturated heterocycles. The Hall–Kier alpha value is -0.640.